The van der Waals surface area contributed by atoms with Gasteiger partial charge in [0.2, 0.25) is 0 Å². The number of carbonyl (C=O) groups excluding carboxylic acids is 2. The lowest BCUT2D eigenvalue weighted by Crippen LogP contribution is -2.51. The van der Waals surface area contributed by atoms with E-state index in [0.29, 0.717) is 24.4 Å². The normalized spacial score (nSPS) is 19.2. The van der Waals surface area contributed by atoms with Crippen molar-refractivity contribution in [2.75, 3.05) is 26.2 Å². The van der Waals surface area contributed by atoms with Gasteiger partial charge in [0.05, 0.1) is 18.2 Å². The Morgan fingerprint density at radius 3 is 2.47 bits per heavy atom. The number of urea groups is 1. The molecule has 0 spiro atoms. The van der Waals surface area contributed by atoms with Crippen molar-refractivity contribution >= 4 is 12.0 Å². The summed E-state index contributed by atoms with van der Waals surface area (Å²) in [5, 5.41) is 5.40. The smallest absolute Gasteiger partial charge is 0.337 e. The van der Waals surface area contributed by atoms with Crippen molar-refractivity contribution in [1.82, 2.24) is 15.5 Å². The summed E-state index contributed by atoms with van der Waals surface area (Å²) in [6.07, 6.45) is 0. The third kappa shape index (κ3) is 3.96. The molecule has 0 aromatic heterocycles. The van der Waals surface area contributed by atoms with Crippen LogP contribution in [-0.2, 0) is 9.53 Å². The van der Waals surface area contributed by atoms with Gasteiger partial charge in [0.25, 0.3) is 0 Å². The van der Waals surface area contributed by atoms with Crippen LogP contribution in [0.15, 0.2) is 11.3 Å². The molecule has 1 heterocycles. The molecule has 0 aromatic carbocycles. The third-order valence-corrected chi connectivity index (χ3v) is 3.14. The molecule has 2 N–H and O–H groups in total. The van der Waals surface area contributed by atoms with Gasteiger partial charge in [-0.15, -0.1) is 0 Å². The molecule has 6 heteroatoms. The number of ether oxygens (including phenoxy) is 1. The molecule has 0 aromatic rings. The lowest BCUT2D eigenvalue weighted by atomic mass is 10.0. The molecule has 0 fully saturated rings. The lowest BCUT2D eigenvalue weighted by molar-refractivity contribution is -0.139. The Balaban J connectivity index is 3.01. The van der Waals surface area contributed by atoms with Gasteiger partial charge in [0, 0.05) is 12.2 Å². The fourth-order valence-corrected chi connectivity index (χ4v) is 2.07. The van der Waals surface area contributed by atoms with Gasteiger partial charge in [-0.1, -0.05) is 13.8 Å². The van der Waals surface area contributed by atoms with Gasteiger partial charge in [-0.05, 0) is 26.9 Å². The molecule has 19 heavy (non-hydrogen) atoms. The predicted molar refractivity (Wildman–Crippen MR) is 72.6 cm³/mol. The molecule has 0 aliphatic carbocycles. The Morgan fingerprint density at radius 1 is 1.32 bits per heavy atom. The highest BCUT2D eigenvalue weighted by Gasteiger charge is 2.30. The predicted octanol–water partition coefficient (Wildman–Crippen LogP) is 0.847. The summed E-state index contributed by atoms with van der Waals surface area (Å²) >= 11 is 0. The quantitative estimate of drug-likeness (QED) is 0.701. The summed E-state index contributed by atoms with van der Waals surface area (Å²) in [6.45, 7) is 10.2. The highest BCUT2D eigenvalue weighted by atomic mass is 16.5. The molecule has 6 nitrogen and oxygen atoms in total. The van der Waals surface area contributed by atoms with Crippen molar-refractivity contribution < 1.29 is 14.3 Å². The number of nitrogens with one attached hydrogen (secondary N) is 2. The highest BCUT2D eigenvalue weighted by Crippen LogP contribution is 2.15. The van der Waals surface area contributed by atoms with Crippen LogP contribution in [0, 0.1) is 0 Å². The fourth-order valence-electron chi connectivity index (χ4n) is 2.07. The topological polar surface area (TPSA) is 70.7 Å². The minimum Gasteiger partial charge on any atom is -0.463 e. The zero-order chi connectivity index (χ0) is 14.4. The number of likely N-dealkylation sites (N-methyl/N-ethyl adjacent to an activating group) is 1. The van der Waals surface area contributed by atoms with E-state index in [1.165, 1.54) is 0 Å². The van der Waals surface area contributed by atoms with Crippen molar-refractivity contribution in [2.24, 2.45) is 0 Å². The molecule has 0 saturated heterocycles. The van der Waals surface area contributed by atoms with E-state index in [0.717, 1.165) is 13.1 Å². The summed E-state index contributed by atoms with van der Waals surface area (Å²) < 4.78 is 5.06. The zero-order valence-electron chi connectivity index (χ0n) is 12.1. The van der Waals surface area contributed by atoms with Gasteiger partial charge in [-0.3, -0.25) is 4.90 Å². The highest BCUT2D eigenvalue weighted by molar-refractivity contribution is 5.94. The van der Waals surface area contributed by atoms with Gasteiger partial charge >= 0.3 is 12.0 Å². The van der Waals surface area contributed by atoms with E-state index >= 15 is 0 Å². The summed E-state index contributed by atoms with van der Waals surface area (Å²) in [5.74, 6) is -0.371. The average Bonchev–Trinajstić information content (AvgIpc) is 2.35. The van der Waals surface area contributed by atoms with Crippen molar-refractivity contribution in [3.8, 4) is 0 Å². The van der Waals surface area contributed by atoms with E-state index in [1.807, 2.05) is 13.8 Å². The van der Waals surface area contributed by atoms with Crippen LogP contribution in [0.5, 0.6) is 0 Å². The number of hydrogen-bond acceptors (Lipinski definition) is 4. The first-order valence-corrected chi connectivity index (χ1v) is 6.73. The monoisotopic (exact) mass is 269 g/mol. The van der Waals surface area contributed by atoms with Crippen LogP contribution >= 0.6 is 0 Å². The summed E-state index contributed by atoms with van der Waals surface area (Å²) in [7, 11) is 0. The number of nitrogens with zero attached hydrogens (tertiary/aromatic N) is 1. The minimum atomic E-state index is -0.371. The number of esters is 1. The first kappa shape index (κ1) is 15.5. The maximum absolute atomic E-state index is 12.0. The molecule has 1 aliphatic rings. The molecule has 0 saturated carbocycles. The van der Waals surface area contributed by atoms with Crippen molar-refractivity contribution in [3.63, 3.8) is 0 Å². The molecule has 1 rings (SSSR count). The van der Waals surface area contributed by atoms with Crippen LogP contribution < -0.4 is 10.6 Å². The van der Waals surface area contributed by atoms with Gasteiger partial charge < -0.3 is 15.4 Å². The summed E-state index contributed by atoms with van der Waals surface area (Å²) in [6, 6.07) is -0.610. The Bertz CT molecular complexity index is 375. The van der Waals surface area contributed by atoms with Gasteiger partial charge in [0.1, 0.15) is 0 Å². The fraction of sp³-hybridized carbons (Fsp3) is 0.692. The SMILES string of the molecule is CCOC(=O)C1=C(CN(CC)CC)NC(=O)NC1C. The lowest BCUT2D eigenvalue weighted by Gasteiger charge is -2.29. The van der Waals surface area contributed by atoms with E-state index in [1.54, 1.807) is 13.8 Å². The average molecular weight is 269 g/mol. The molecule has 1 aliphatic heterocycles. The molecular weight excluding hydrogens is 246 g/mol. The molecule has 1 unspecified atom stereocenters. The Labute approximate surface area is 114 Å². The van der Waals surface area contributed by atoms with E-state index in [9.17, 15) is 9.59 Å². The van der Waals surface area contributed by atoms with Crippen molar-refractivity contribution in [3.05, 3.63) is 11.3 Å². The second-order valence-corrected chi connectivity index (χ2v) is 4.39. The zero-order valence-corrected chi connectivity index (χ0v) is 12.1. The molecule has 108 valence electrons. The van der Waals surface area contributed by atoms with E-state index in [-0.39, 0.29) is 18.0 Å². The summed E-state index contributed by atoms with van der Waals surface area (Å²) in [4.78, 5) is 25.7. The Kier molecular flexibility index (Phi) is 5.82. The summed E-state index contributed by atoms with van der Waals surface area (Å²) in [5.41, 5.74) is 1.15. The van der Waals surface area contributed by atoms with E-state index in [4.69, 9.17) is 4.74 Å². The second kappa shape index (κ2) is 7.13. The number of hydrogen-bond donors (Lipinski definition) is 2. The standard InChI is InChI=1S/C13H23N3O3/c1-5-16(6-2)8-10-11(12(17)19-7-3)9(4)14-13(18)15-10/h9H,5-8H2,1-4H3,(H2,14,15,18). The minimum absolute atomic E-state index is 0.275. The molecule has 0 radical (unpaired) electrons. The number of amides is 2. The van der Waals surface area contributed by atoms with Crippen molar-refractivity contribution in [2.45, 2.75) is 33.7 Å². The van der Waals surface area contributed by atoms with Crippen LogP contribution in [0.3, 0.4) is 0 Å². The molecule has 0 bridgehead atoms. The first-order chi connectivity index (χ1) is 9.03. The molecular formula is C13H23N3O3. The first-order valence-electron chi connectivity index (χ1n) is 6.73. The number of rotatable bonds is 6. The molecule has 2 amide bonds. The van der Waals surface area contributed by atoms with Crippen LogP contribution in [0.4, 0.5) is 4.79 Å². The van der Waals surface area contributed by atoms with Crippen LogP contribution in [0.1, 0.15) is 27.7 Å². The Hall–Kier alpha value is -1.56. The van der Waals surface area contributed by atoms with Gasteiger partial charge in [0.15, 0.2) is 0 Å². The Morgan fingerprint density at radius 2 is 1.95 bits per heavy atom. The van der Waals surface area contributed by atoms with E-state index < -0.39 is 0 Å². The van der Waals surface area contributed by atoms with Crippen LogP contribution in [-0.4, -0.2) is 49.2 Å². The third-order valence-electron chi connectivity index (χ3n) is 3.14. The second-order valence-electron chi connectivity index (χ2n) is 4.39. The van der Waals surface area contributed by atoms with Crippen LogP contribution in [0.2, 0.25) is 0 Å². The van der Waals surface area contributed by atoms with Crippen molar-refractivity contribution in [1.29, 1.82) is 0 Å². The molecule has 1 atom stereocenters. The van der Waals surface area contributed by atoms with Gasteiger partial charge in [-0.25, -0.2) is 9.59 Å². The maximum Gasteiger partial charge on any atom is 0.337 e. The van der Waals surface area contributed by atoms with Gasteiger partial charge in [-0.2, -0.15) is 0 Å². The van der Waals surface area contributed by atoms with Crippen LogP contribution in [0.25, 0.3) is 0 Å². The largest absolute Gasteiger partial charge is 0.463 e. The number of carbonyl (C=O) groups is 2. The van der Waals surface area contributed by atoms with E-state index in [2.05, 4.69) is 15.5 Å². The maximum atomic E-state index is 12.0.